The average Bonchev–Trinajstić information content (AvgIpc) is 3.22. The number of aryl methyl sites for hydroxylation is 1. The lowest BCUT2D eigenvalue weighted by molar-refractivity contribution is 0.0855. The van der Waals surface area contributed by atoms with Gasteiger partial charge in [-0.15, -0.1) is 0 Å². The topological polar surface area (TPSA) is 34.6 Å². The van der Waals surface area contributed by atoms with Crippen LogP contribution in [0.25, 0.3) is 0 Å². The maximum Gasteiger partial charge on any atom is 0.123 e. The first-order valence-corrected chi connectivity index (χ1v) is 9.18. The lowest BCUT2D eigenvalue weighted by atomic mass is 9.99. The smallest absolute Gasteiger partial charge is 0.123 e. The molecule has 2 bridgehead atoms. The molecule has 1 aromatic carbocycles. The van der Waals surface area contributed by atoms with Crippen LogP contribution in [0.4, 0.5) is 0 Å². The zero-order valence-electron chi connectivity index (χ0n) is 15.0. The summed E-state index contributed by atoms with van der Waals surface area (Å²) in [5.41, 5.74) is 2.25. The number of piperidine rings is 1. The maximum absolute atomic E-state index is 6.13. The number of nitrogens with zero attached hydrogens (tertiary/aromatic N) is 2. The summed E-state index contributed by atoms with van der Waals surface area (Å²) in [6.45, 7) is 3.72. The van der Waals surface area contributed by atoms with Crippen molar-refractivity contribution < 1.29 is 9.47 Å². The van der Waals surface area contributed by atoms with Crippen LogP contribution < -0.4 is 9.47 Å². The Labute approximate surface area is 149 Å². The molecule has 2 aromatic rings. The van der Waals surface area contributed by atoms with Crippen LogP contribution in [0.5, 0.6) is 11.5 Å². The SMILES string of the molecule is COc1cccc(OC[C@@H]2C3CCC(C3)N2Cc2cccc(C)n2)c1. The summed E-state index contributed by atoms with van der Waals surface area (Å²) in [6.07, 6.45) is 3.94. The van der Waals surface area contributed by atoms with Crippen molar-refractivity contribution in [3.8, 4) is 11.5 Å². The standard InChI is InChI=1S/C21H26N2O2/c1-15-5-3-6-17(22-15)13-23-18-10-9-16(11-18)21(23)14-25-20-8-4-7-19(12-20)24-2/h3-8,12,16,18,21H,9-11,13-14H2,1-2H3/t16?,18?,21-/m1/s1. The Kier molecular flexibility index (Phi) is 4.62. The Hall–Kier alpha value is -2.07. The van der Waals surface area contributed by atoms with E-state index in [-0.39, 0.29) is 0 Å². The molecule has 1 aliphatic heterocycles. The molecule has 1 saturated heterocycles. The van der Waals surface area contributed by atoms with Gasteiger partial charge in [-0.3, -0.25) is 9.88 Å². The Morgan fingerprint density at radius 3 is 2.80 bits per heavy atom. The third-order valence-corrected chi connectivity index (χ3v) is 5.64. The summed E-state index contributed by atoms with van der Waals surface area (Å²) in [7, 11) is 1.69. The molecule has 2 heterocycles. The van der Waals surface area contributed by atoms with Gasteiger partial charge >= 0.3 is 0 Å². The van der Waals surface area contributed by atoms with Crippen molar-refractivity contribution in [1.82, 2.24) is 9.88 Å². The van der Waals surface area contributed by atoms with Gasteiger partial charge in [0.2, 0.25) is 0 Å². The van der Waals surface area contributed by atoms with E-state index in [4.69, 9.17) is 14.5 Å². The second kappa shape index (κ2) is 7.04. The summed E-state index contributed by atoms with van der Waals surface area (Å²) in [5.74, 6) is 2.47. The van der Waals surface area contributed by atoms with Crippen LogP contribution in [0.3, 0.4) is 0 Å². The molecule has 0 N–H and O–H groups in total. The number of pyridine rings is 1. The van der Waals surface area contributed by atoms with Crippen LogP contribution in [0.2, 0.25) is 0 Å². The summed E-state index contributed by atoms with van der Waals surface area (Å²) in [6, 6.07) is 15.3. The number of ether oxygens (including phenoxy) is 2. The van der Waals surface area contributed by atoms with Gasteiger partial charge in [0.05, 0.1) is 12.8 Å². The zero-order chi connectivity index (χ0) is 17.2. The molecular weight excluding hydrogens is 312 g/mol. The van der Waals surface area contributed by atoms with Crippen molar-refractivity contribution >= 4 is 0 Å². The molecular formula is C21H26N2O2. The molecule has 4 nitrogen and oxygen atoms in total. The van der Waals surface area contributed by atoms with Crippen LogP contribution in [0.1, 0.15) is 30.7 Å². The monoisotopic (exact) mass is 338 g/mol. The van der Waals surface area contributed by atoms with Gasteiger partial charge in [0.1, 0.15) is 18.1 Å². The molecule has 2 fully saturated rings. The molecule has 1 aromatic heterocycles. The second-order valence-electron chi connectivity index (χ2n) is 7.23. The molecule has 0 radical (unpaired) electrons. The Morgan fingerprint density at radius 1 is 1.12 bits per heavy atom. The van der Waals surface area contributed by atoms with E-state index in [0.717, 1.165) is 36.3 Å². The highest BCUT2D eigenvalue weighted by atomic mass is 16.5. The second-order valence-corrected chi connectivity index (χ2v) is 7.23. The number of aromatic nitrogens is 1. The van der Waals surface area contributed by atoms with Gasteiger partial charge in [0.15, 0.2) is 0 Å². The van der Waals surface area contributed by atoms with Crippen LogP contribution in [0.15, 0.2) is 42.5 Å². The number of hydrogen-bond acceptors (Lipinski definition) is 4. The van der Waals surface area contributed by atoms with E-state index in [2.05, 4.69) is 30.0 Å². The first-order chi connectivity index (χ1) is 12.2. The minimum atomic E-state index is 0.479. The highest BCUT2D eigenvalue weighted by Gasteiger charge is 2.46. The van der Waals surface area contributed by atoms with Crippen molar-refractivity contribution in [2.45, 2.75) is 44.8 Å². The van der Waals surface area contributed by atoms with Crippen LogP contribution in [0, 0.1) is 12.8 Å². The summed E-state index contributed by atoms with van der Waals surface area (Å²) in [5, 5.41) is 0. The fraction of sp³-hybridized carbons (Fsp3) is 0.476. The summed E-state index contributed by atoms with van der Waals surface area (Å²) < 4.78 is 11.4. The van der Waals surface area contributed by atoms with Gasteiger partial charge < -0.3 is 9.47 Å². The normalized spacial score (nSPS) is 25.3. The molecule has 2 unspecified atom stereocenters. The summed E-state index contributed by atoms with van der Waals surface area (Å²) >= 11 is 0. The first kappa shape index (κ1) is 16.4. The van der Waals surface area contributed by atoms with Gasteiger partial charge in [0.25, 0.3) is 0 Å². The van der Waals surface area contributed by atoms with Crippen molar-refractivity contribution in [2.75, 3.05) is 13.7 Å². The van der Waals surface area contributed by atoms with E-state index in [1.165, 1.54) is 25.0 Å². The molecule has 0 spiro atoms. The van der Waals surface area contributed by atoms with Crippen LogP contribution in [-0.2, 0) is 6.54 Å². The maximum atomic E-state index is 6.13. The third-order valence-electron chi connectivity index (χ3n) is 5.64. The van der Waals surface area contributed by atoms with E-state index in [9.17, 15) is 0 Å². The summed E-state index contributed by atoms with van der Waals surface area (Å²) in [4.78, 5) is 7.32. The van der Waals surface area contributed by atoms with Crippen molar-refractivity contribution in [3.63, 3.8) is 0 Å². The predicted molar refractivity (Wildman–Crippen MR) is 97.9 cm³/mol. The number of benzene rings is 1. The van der Waals surface area contributed by atoms with E-state index in [1.54, 1.807) is 7.11 Å². The lowest BCUT2D eigenvalue weighted by Gasteiger charge is -2.35. The van der Waals surface area contributed by atoms with E-state index >= 15 is 0 Å². The van der Waals surface area contributed by atoms with Crippen molar-refractivity contribution in [2.24, 2.45) is 5.92 Å². The third kappa shape index (κ3) is 3.49. The Morgan fingerprint density at radius 2 is 1.96 bits per heavy atom. The molecule has 2 aliphatic rings. The number of rotatable bonds is 6. The van der Waals surface area contributed by atoms with E-state index in [0.29, 0.717) is 12.1 Å². The number of hydrogen-bond donors (Lipinski definition) is 0. The zero-order valence-corrected chi connectivity index (χ0v) is 15.0. The molecule has 0 amide bonds. The molecule has 132 valence electrons. The Bertz CT molecular complexity index is 733. The minimum Gasteiger partial charge on any atom is -0.497 e. The van der Waals surface area contributed by atoms with Crippen molar-refractivity contribution in [3.05, 3.63) is 53.9 Å². The number of likely N-dealkylation sites (tertiary alicyclic amines) is 1. The average molecular weight is 338 g/mol. The molecule has 25 heavy (non-hydrogen) atoms. The fourth-order valence-corrected chi connectivity index (χ4v) is 4.41. The highest BCUT2D eigenvalue weighted by Crippen LogP contribution is 2.43. The molecule has 4 heteroatoms. The molecule has 3 atom stereocenters. The largest absolute Gasteiger partial charge is 0.497 e. The van der Waals surface area contributed by atoms with Crippen molar-refractivity contribution in [1.29, 1.82) is 0 Å². The predicted octanol–water partition coefficient (Wildman–Crippen LogP) is 3.83. The highest BCUT2D eigenvalue weighted by molar-refractivity contribution is 5.32. The Balaban J connectivity index is 1.45. The fourth-order valence-electron chi connectivity index (χ4n) is 4.41. The van der Waals surface area contributed by atoms with Crippen LogP contribution >= 0.6 is 0 Å². The van der Waals surface area contributed by atoms with Gasteiger partial charge in [-0.1, -0.05) is 12.1 Å². The minimum absolute atomic E-state index is 0.479. The van der Waals surface area contributed by atoms with Gasteiger partial charge in [0, 0.05) is 30.4 Å². The van der Waals surface area contributed by atoms with Gasteiger partial charge in [-0.05, 0) is 56.4 Å². The molecule has 4 rings (SSSR count). The molecule has 1 saturated carbocycles. The first-order valence-electron chi connectivity index (χ1n) is 9.18. The van der Waals surface area contributed by atoms with Gasteiger partial charge in [-0.2, -0.15) is 0 Å². The molecule has 1 aliphatic carbocycles. The number of fused-ring (bicyclic) bond motifs is 2. The lowest BCUT2D eigenvalue weighted by Crippen LogP contribution is -2.43. The van der Waals surface area contributed by atoms with Crippen LogP contribution in [-0.4, -0.2) is 35.7 Å². The van der Waals surface area contributed by atoms with E-state index < -0.39 is 0 Å². The number of methoxy groups -OCH3 is 1. The van der Waals surface area contributed by atoms with Gasteiger partial charge in [-0.25, -0.2) is 0 Å². The van der Waals surface area contributed by atoms with E-state index in [1.807, 2.05) is 24.3 Å². The quantitative estimate of drug-likeness (QED) is 0.802.